The molecule has 0 aliphatic heterocycles. The monoisotopic (exact) mass is 401 g/mol. The Kier molecular flexibility index (Phi) is 6.22. The molecule has 0 radical (unpaired) electrons. The molecule has 0 heterocycles. The average molecular weight is 402 g/mol. The molecule has 27 heavy (non-hydrogen) atoms. The van der Waals surface area contributed by atoms with E-state index in [2.05, 4.69) is 0 Å². The van der Waals surface area contributed by atoms with Crippen molar-refractivity contribution in [2.45, 2.75) is 13.2 Å². The SMILES string of the molecule is NC(=O)c1cc(OCc2ccccc2Cl)cc(OCc2ccccc2Cl)c1. The maximum atomic E-state index is 11.6. The van der Waals surface area contributed by atoms with Crippen molar-refractivity contribution < 1.29 is 14.3 Å². The molecule has 0 fully saturated rings. The van der Waals surface area contributed by atoms with Gasteiger partial charge in [0.25, 0.3) is 0 Å². The lowest BCUT2D eigenvalue weighted by molar-refractivity contribution is 0.0999. The summed E-state index contributed by atoms with van der Waals surface area (Å²) in [5.74, 6) is 0.349. The van der Waals surface area contributed by atoms with Crippen LogP contribution in [0.5, 0.6) is 11.5 Å². The number of carbonyl (C=O) groups is 1. The Morgan fingerprint density at radius 2 is 1.22 bits per heavy atom. The van der Waals surface area contributed by atoms with Gasteiger partial charge in [-0.25, -0.2) is 0 Å². The number of hydrogen-bond donors (Lipinski definition) is 1. The van der Waals surface area contributed by atoms with E-state index in [1.807, 2.05) is 36.4 Å². The van der Waals surface area contributed by atoms with Gasteiger partial charge < -0.3 is 15.2 Å². The summed E-state index contributed by atoms with van der Waals surface area (Å²) < 4.78 is 11.6. The zero-order valence-corrected chi connectivity index (χ0v) is 15.8. The minimum absolute atomic E-state index is 0.256. The maximum Gasteiger partial charge on any atom is 0.248 e. The number of rotatable bonds is 7. The van der Waals surface area contributed by atoms with E-state index in [0.29, 0.717) is 27.1 Å². The zero-order valence-electron chi connectivity index (χ0n) is 14.3. The van der Waals surface area contributed by atoms with Crippen LogP contribution in [0.1, 0.15) is 21.5 Å². The van der Waals surface area contributed by atoms with Crippen LogP contribution in [0.2, 0.25) is 10.0 Å². The third-order valence-corrected chi connectivity index (χ3v) is 4.61. The summed E-state index contributed by atoms with van der Waals surface area (Å²) in [6.07, 6.45) is 0. The Morgan fingerprint density at radius 3 is 1.63 bits per heavy atom. The summed E-state index contributed by atoms with van der Waals surface area (Å²) in [5, 5.41) is 1.22. The fourth-order valence-corrected chi connectivity index (χ4v) is 2.81. The highest BCUT2D eigenvalue weighted by Crippen LogP contribution is 2.26. The van der Waals surface area contributed by atoms with E-state index >= 15 is 0 Å². The Morgan fingerprint density at radius 1 is 0.778 bits per heavy atom. The van der Waals surface area contributed by atoms with Crippen LogP contribution in [0.4, 0.5) is 0 Å². The normalized spacial score (nSPS) is 10.4. The van der Waals surface area contributed by atoms with Gasteiger partial charge in [0, 0.05) is 32.8 Å². The maximum absolute atomic E-state index is 11.6. The van der Waals surface area contributed by atoms with Gasteiger partial charge in [0.05, 0.1) is 0 Å². The molecule has 138 valence electrons. The molecular weight excluding hydrogens is 385 g/mol. The van der Waals surface area contributed by atoms with Gasteiger partial charge in [-0.05, 0) is 24.3 Å². The topological polar surface area (TPSA) is 61.6 Å². The van der Waals surface area contributed by atoms with E-state index < -0.39 is 5.91 Å². The van der Waals surface area contributed by atoms with Crippen LogP contribution in [0, 0.1) is 0 Å². The van der Waals surface area contributed by atoms with Crippen molar-refractivity contribution in [2.24, 2.45) is 5.73 Å². The second-order valence-electron chi connectivity index (χ2n) is 5.82. The molecule has 0 atom stereocenters. The number of amides is 1. The average Bonchev–Trinajstić information content (AvgIpc) is 2.66. The molecule has 3 aromatic rings. The van der Waals surface area contributed by atoms with E-state index in [0.717, 1.165) is 11.1 Å². The number of benzene rings is 3. The van der Waals surface area contributed by atoms with E-state index in [9.17, 15) is 4.79 Å². The minimum atomic E-state index is -0.569. The number of ether oxygens (including phenoxy) is 2. The lowest BCUT2D eigenvalue weighted by atomic mass is 10.2. The quantitative estimate of drug-likeness (QED) is 0.587. The fourth-order valence-electron chi connectivity index (χ4n) is 2.43. The second kappa shape index (κ2) is 8.80. The third kappa shape index (κ3) is 5.16. The molecule has 0 saturated heterocycles. The van der Waals surface area contributed by atoms with Crippen LogP contribution in [-0.2, 0) is 13.2 Å². The smallest absolute Gasteiger partial charge is 0.248 e. The third-order valence-electron chi connectivity index (χ3n) is 3.87. The molecule has 0 unspecified atom stereocenters. The zero-order chi connectivity index (χ0) is 19.2. The lowest BCUT2D eigenvalue weighted by Gasteiger charge is -2.12. The molecule has 0 aliphatic rings. The molecule has 3 rings (SSSR count). The van der Waals surface area contributed by atoms with Gasteiger partial charge in [-0.1, -0.05) is 59.6 Å². The molecule has 4 nitrogen and oxygen atoms in total. The highest BCUT2D eigenvalue weighted by molar-refractivity contribution is 6.31. The van der Waals surface area contributed by atoms with E-state index in [1.54, 1.807) is 30.3 Å². The first-order valence-electron chi connectivity index (χ1n) is 8.20. The summed E-state index contributed by atoms with van der Waals surface area (Å²) >= 11 is 12.3. The Bertz CT molecular complexity index is 892. The molecule has 0 aromatic heterocycles. The summed E-state index contributed by atoms with van der Waals surface area (Å²) in [5.41, 5.74) is 7.39. The molecule has 3 aromatic carbocycles. The number of halogens is 2. The number of nitrogens with two attached hydrogens (primary N) is 1. The highest BCUT2D eigenvalue weighted by atomic mass is 35.5. The molecule has 0 aliphatic carbocycles. The molecule has 0 spiro atoms. The molecule has 2 N–H and O–H groups in total. The summed E-state index contributed by atoms with van der Waals surface area (Å²) in [6, 6.07) is 19.6. The van der Waals surface area contributed by atoms with E-state index in [1.165, 1.54) is 0 Å². The Labute approximate surface area is 167 Å². The van der Waals surface area contributed by atoms with Gasteiger partial charge in [-0.3, -0.25) is 4.79 Å². The summed E-state index contributed by atoms with van der Waals surface area (Å²) in [7, 11) is 0. The van der Waals surface area contributed by atoms with Crippen molar-refractivity contribution in [3.05, 3.63) is 93.5 Å². The molecular formula is C21H17Cl2NO3. The van der Waals surface area contributed by atoms with Gasteiger partial charge in [0.1, 0.15) is 24.7 Å². The van der Waals surface area contributed by atoms with Crippen LogP contribution in [0.25, 0.3) is 0 Å². The summed E-state index contributed by atoms with van der Waals surface area (Å²) in [6.45, 7) is 0.512. The molecule has 0 saturated carbocycles. The molecule has 6 heteroatoms. The van der Waals surface area contributed by atoms with Crippen molar-refractivity contribution >= 4 is 29.1 Å². The second-order valence-corrected chi connectivity index (χ2v) is 6.63. The Hall–Kier alpha value is -2.69. The van der Waals surface area contributed by atoms with Gasteiger partial charge >= 0.3 is 0 Å². The first-order chi connectivity index (χ1) is 13.0. The van der Waals surface area contributed by atoms with E-state index in [-0.39, 0.29) is 13.2 Å². The predicted octanol–water partition coefficient (Wildman–Crippen LogP) is 5.25. The van der Waals surface area contributed by atoms with Crippen molar-refractivity contribution in [2.75, 3.05) is 0 Å². The van der Waals surface area contributed by atoms with Gasteiger partial charge in [-0.15, -0.1) is 0 Å². The number of primary amides is 1. The first kappa shape index (κ1) is 19.1. The Balaban J connectivity index is 1.77. The van der Waals surface area contributed by atoms with Crippen LogP contribution < -0.4 is 15.2 Å². The largest absolute Gasteiger partial charge is 0.489 e. The molecule has 1 amide bonds. The van der Waals surface area contributed by atoms with Gasteiger partial charge in [-0.2, -0.15) is 0 Å². The van der Waals surface area contributed by atoms with Gasteiger partial charge in [0.2, 0.25) is 5.91 Å². The van der Waals surface area contributed by atoms with Crippen molar-refractivity contribution in [3.63, 3.8) is 0 Å². The minimum Gasteiger partial charge on any atom is -0.489 e. The van der Waals surface area contributed by atoms with Crippen molar-refractivity contribution in [1.82, 2.24) is 0 Å². The van der Waals surface area contributed by atoms with E-state index in [4.69, 9.17) is 38.4 Å². The van der Waals surface area contributed by atoms with Crippen LogP contribution in [0.15, 0.2) is 66.7 Å². The lowest BCUT2D eigenvalue weighted by Crippen LogP contribution is -2.11. The highest BCUT2D eigenvalue weighted by Gasteiger charge is 2.09. The number of carbonyl (C=O) groups excluding carboxylic acids is 1. The predicted molar refractivity (Wildman–Crippen MR) is 107 cm³/mol. The standard InChI is InChI=1S/C21H17Cl2NO3/c22-19-7-3-1-5-14(19)12-26-17-9-16(21(24)25)10-18(11-17)27-13-15-6-2-4-8-20(15)23/h1-11H,12-13H2,(H2,24,25). The van der Waals surface area contributed by atoms with Crippen molar-refractivity contribution in [3.8, 4) is 11.5 Å². The number of hydrogen-bond acceptors (Lipinski definition) is 3. The molecule has 0 bridgehead atoms. The van der Waals surface area contributed by atoms with Crippen LogP contribution in [-0.4, -0.2) is 5.91 Å². The first-order valence-corrected chi connectivity index (χ1v) is 8.96. The van der Waals surface area contributed by atoms with Gasteiger partial charge in [0.15, 0.2) is 0 Å². The summed E-state index contributed by atoms with van der Waals surface area (Å²) in [4.78, 5) is 11.6. The van der Waals surface area contributed by atoms with Crippen LogP contribution >= 0.6 is 23.2 Å². The van der Waals surface area contributed by atoms with Crippen molar-refractivity contribution in [1.29, 1.82) is 0 Å². The fraction of sp³-hybridized carbons (Fsp3) is 0.0952. The van der Waals surface area contributed by atoms with Crippen LogP contribution in [0.3, 0.4) is 0 Å².